The van der Waals surface area contributed by atoms with E-state index in [1.165, 1.54) is 0 Å². The number of nitrogens with zero attached hydrogens (tertiary/aromatic N) is 4. The Kier molecular flexibility index (Phi) is 4.48. The fraction of sp³-hybridized carbons (Fsp3) is 0.643. The summed E-state index contributed by atoms with van der Waals surface area (Å²) in [6.07, 6.45) is 4.04. The molecule has 0 fully saturated rings. The van der Waals surface area contributed by atoms with Crippen LogP contribution in [0.3, 0.4) is 0 Å². The van der Waals surface area contributed by atoms with Crippen LogP contribution in [0.25, 0.3) is 11.2 Å². The third kappa shape index (κ3) is 3.60. The Balaban J connectivity index is 2.33. The highest BCUT2D eigenvalue weighted by molar-refractivity contribution is 6.28. The van der Waals surface area contributed by atoms with Gasteiger partial charge in [-0.05, 0) is 23.4 Å². The van der Waals surface area contributed by atoms with Gasteiger partial charge in [-0.1, -0.05) is 34.1 Å². The van der Waals surface area contributed by atoms with Gasteiger partial charge in [0, 0.05) is 13.1 Å². The zero-order valence-corrected chi connectivity index (χ0v) is 13.3. The van der Waals surface area contributed by atoms with Crippen molar-refractivity contribution in [2.75, 3.05) is 11.9 Å². The number of hydrogen-bond donors (Lipinski definition) is 1. The van der Waals surface area contributed by atoms with E-state index in [0.29, 0.717) is 5.82 Å². The lowest BCUT2D eigenvalue weighted by atomic mass is 9.97. The Morgan fingerprint density at radius 2 is 2.05 bits per heavy atom. The van der Waals surface area contributed by atoms with Gasteiger partial charge in [0.25, 0.3) is 0 Å². The molecule has 0 amide bonds. The molecule has 0 aliphatic rings. The second-order valence-corrected chi connectivity index (χ2v) is 6.56. The maximum atomic E-state index is 6.03. The lowest BCUT2D eigenvalue weighted by Crippen LogP contribution is -2.20. The predicted molar refractivity (Wildman–Crippen MR) is 83.2 cm³/mol. The molecule has 20 heavy (non-hydrogen) atoms. The molecule has 2 heterocycles. The Labute approximate surface area is 124 Å². The first kappa shape index (κ1) is 15.0. The molecule has 0 aliphatic carbocycles. The SMILES string of the molecule is CCCCn1cnc2c(NCC(C)(C)C)nc(Cl)nc21. The number of rotatable bonds is 5. The fourth-order valence-corrected chi connectivity index (χ4v) is 2.05. The van der Waals surface area contributed by atoms with Gasteiger partial charge in [0.05, 0.1) is 6.33 Å². The van der Waals surface area contributed by atoms with Crippen molar-refractivity contribution in [1.29, 1.82) is 0 Å². The molecule has 0 unspecified atom stereocenters. The maximum Gasteiger partial charge on any atom is 0.226 e. The normalized spacial score (nSPS) is 12.1. The smallest absolute Gasteiger partial charge is 0.226 e. The zero-order chi connectivity index (χ0) is 14.8. The fourth-order valence-electron chi connectivity index (χ4n) is 1.88. The molecule has 0 bridgehead atoms. The summed E-state index contributed by atoms with van der Waals surface area (Å²) in [6.45, 7) is 10.4. The summed E-state index contributed by atoms with van der Waals surface area (Å²) in [5.41, 5.74) is 1.75. The van der Waals surface area contributed by atoms with E-state index in [1.807, 2.05) is 10.9 Å². The molecule has 0 atom stereocenters. The molecule has 110 valence electrons. The summed E-state index contributed by atoms with van der Waals surface area (Å²) < 4.78 is 2.04. The second kappa shape index (κ2) is 5.95. The van der Waals surface area contributed by atoms with E-state index in [4.69, 9.17) is 11.6 Å². The molecular weight excluding hydrogens is 274 g/mol. The number of unbranched alkanes of at least 4 members (excludes halogenated alkanes) is 1. The van der Waals surface area contributed by atoms with Crippen molar-refractivity contribution < 1.29 is 0 Å². The topological polar surface area (TPSA) is 55.6 Å². The van der Waals surface area contributed by atoms with E-state index in [2.05, 4.69) is 48.0 Å². The number of anilines is 1. The molecule has 0 aliphatic heterocycles. The molecule has 5 nitrogen and oxygen atoms in total. The van der Waals surface area contributed by atoms with Crippen LogP contribution >= 0.6 is 11.6 Å². The highest BCUT2D eigenvalue weighted by atomic mass is 35.5. The van der Waals surface area contributed by atoms with Crippen LogP contribution in [0.2, 0.25) is 5.28 Å². The van der Waals surface area contributed by atoms with Crippen molar-refractivity contribution in [1.82, 2.24) is 19.5 Å². The molecule has 2 aromatic rings. The lowest BCUT2D eigenvalue weighted by Gasteiger charge is -2.19. The Bertz CT molecular complexity index is 585. The minimum Gasteiger partial charge on any atom is -0.368 e. The van der Waals surface area contributed by atoms with Crippen molar-refractivity contribution >= 4 is 28.6 Å². The molecule has 2 aromatic heterocycles. The van der Waals surface area contributed by atoms with Gasteiger partial charge in [-0.2, -0.15) is 9.97 Å². The van der Waals surface area contributed by atoms with E-state index in [9.17, 15) is 0 Å². The van der Waals surface area contributed by atoms with Crippen molar-refractivity contribution in [2.24, 2.45) is 5.41 Å². The minimum atomic E-state index is 0.161. The largest absolute Gasteiger partial charge is 0.368 e. The predicted octanol–water partition coefficient (Wildman–Crippen LogP) is 3.74. The van der Waals surface area contributed by atoms with E-state index >= 15 is 0 Å². The van der Waals surface area contributed by atoms with Gasteiger partial charge < -0.3 is 9.88 Å². The van der Waals surface area contributed by atoms with Gasteiger partial charge in [0.15, 0.2) is 17.0 Å². The van der Waals surface area contributed by atoms with Crippen molar-refractivity contribution in [2.45, 2.75) is 47.1 Å². The third-order valence-corrected chi connectivity index (χ3v) is 3.14. The highest BCUT2D eigenvalue weighted by Gasteiger charge is 2.15. The summed E-state index contributed by atoms with van der Waals surface area (Å²) in [7, 11) is 0. The van der Waals surface area contributed by atoms with Crippen LogP contribution in [0.15, 0.2) is 6.33 Å². The van der Waals surface area contributed by atoms with E-state index in [1.54, 1.807) is 0 Å². The monoisotopic (exact) mass is 295 g/mol. The first-order valence-electron chi connectivity index (χ1n) is 7.03. The third-order valence-electron chi connectivity index (χ3n) is 2.98. The molecule has 0 aromatic carbocycles. The maximum absolute atomic E-state index is 6.03. The number of nitrogens with one attached hydrogen (secondary N) is 1. The van der Waals surface area contributed by atoms with Gasteiger partial charge in [0.2, 0.25) is 5.28 Å². The van der Waals surface area contributed by atoms with Crippen molar-refractivity contribution in [3.63, 3.8) is 0 Å². The van der Waals surface area contributed by atoms with Crippen molar-refractivity contribution in [3.8, 4) is 0 Å². The first-order valence-corrected chi connectivity index (χ1v) is 7.41. The standard InChI is InChI=1S/C14H22ClN5/c1-5-6-7-20-9-17-10-11(16-8-14(2,3)4)18-13(15)19-12(10)20/h9H,5-8H2,1-4H3,(H,16,18,19). The summed E-state index contributed by atoms with van der Waals surface area (Å²) in [4.78, 5) is 13.0. The van der Waals surface area contributed by atoms with Crippen LogP contribution in [-0.4, -0.2) is 26.1 Å². The summed E-state index contributed by atoms with van der Waals surface area (Å²) in [5.74, 6) is 0.713. The first-order chi connectivity index (χ1) is 9.40. The molecule has 0 radical (unpaired) electrons. The number of aromatic nitrogens is 4. The van der Waals surface area contributed by atoms with Crippen LogP contribution < -0.4 is 5.32 Å². The van der Waals surface area contributed by atoms with E-state index < -0.39 is 0 Å². The van der Waals surface area contributed by atoms with Crippen LogP contribution in [0.1, 0.15) is 40.5 Å². The molecule has 6 heteroatoms. The lowest BCUT2D eigenvalue weighted by molar-refractivity contribution is 0.442. The highest BCUT2D eigenvalue weighted by Crippen LogP contribution is 2.23. The summed E-state index contributed by atoms with van der Waals surface area (Å²) >= 11 is 6.03. The number of imidazole rings is 1. The van der Waals surface area contributed by atoms with Gasteiger partial charge in [-0.3, -0.25) is 0 Å². The Morgan fingerprint density at radius 3 is 2.70 bits per heavy atom. The molecule has 0 spiro atoms. The van der Waals surface area contributed by atoms with E-state index in [-0.39, 0.29) is 10.7 Å². The molecule has 1 N–H and O–H groups in total. The summed E-state index contributed by atoms with van der Waals surface area (Å²) in [6, 6.07) is 0. The van der Waals surface area contributed by atoms with Gasteiger partial charge in [-0.15, -0.1) is 0 Å². The number of hydrogen-bond acceptors (Lipinski definition) is 4. The average Bonchev–Trinajstić information content (AvgIpc) is 2.75. The molecule has 2 rings (SSSR count). The number of aryl methyl sites for hydroxylation is 1. The molecule has 0 saturated carbocycles. The van der Waals surface area contributed by atoms with Gasteiger partial charge >= 0.3 is 0 Å². The minimum absolute atomic E-state index is 0.161. The molecule has 0 saturated heterocycles. The summed E-state index contributed by atoms with van der Waals surface area (Å²) in [5, 5.41) is 3.58. The van der Waals surface area contributed by atoms with Crippen LogP contribution in [0, 0.1) is 5.41 Å². The second-order valence-electron chi connectivity index (χ2n) is 6.22. The average molecular weight is 296 g/mol. The van der Waals surface area contributed by atoms with Crippen LogP contribution in [0.4, 0.5) is 5.82 Å². The Hall–Kier alpha value is -1.36. The number of halogens is 1. The van der Waals surface area contributed by atoms with Gasteiger partial charge in [-0.25, -0.2) is 4.98 Å². The van der Waals surface area contributed by atoms with Crippen LogP contribution in [-0.2, 0) is 6.54 Å². The molecular formula is C14H22ClN5. The van der Waals surface area contributed by atoms with E-state index in [0.717, 1.165) is 37.1 Å². The van der Waals surface area contributed by atoms with Crippen molar-refractivity contribution in [3.05, 3.63) is 11.6 Å². The van der Waals surface area contributed by atoms with Crippen LogP contribution in [0.5, 0.6) is 0 Å². The number of fused-ring (bicyclic) bond motifs is 1. The Morgan fingerprint density at radius 1 is 1.30 bits per heavy atom. The quantitative estimate of drug-likeness (QED) is 0.854. The zero-order valence-electron chi connectivity index (χ0n) is 12.6. The van der Waals surface area contributed by atoms with Gasteiger partial charge in [0.1, 0.15) is 0 Å².